The van der Waals surface area contributed by atoms with Crippen LogP contribution in [0.5, 0.6) is 0 Å². The van der Waals surface area contributed by atoms with Gasteiger partial charge in [0, 0.05) is 12.6 Å². The normalized spacial score (nSPS) is 21.4. The highest BCUT2D eigenvalue weighted by molar-refractivity contribution is 7.89. The van der Waals surface area contributed by atoms with Crippen molar-refractivity contribution < 1.29 is 27.5 Å². The summed E-state index contributed by atoms with van der Waals surface area (Å²) in [6.07, 6.45) is 1.53. The van der Waals surface area contributed by atoms with Crippen molar-refractivity contribution >= 4 is 16.0 Å². The van der Waals surface area contributed by atoms with Crippen LogP contribution in [0.3, 0.4) is 0 Å². The molecule has 106 valence electrons. The number of ether oxygens (including phenoxy) is 1. The van der Waals surface area contributed by atoms with E-state index in [1.165, 1.54) is 0 Å². The quantitative estimate of drug-likeness (QED) is 0.831. The third-order valence-electron chi connectivity index (χ3n) is 2.92. The molecule has 8 heteroatoms. The van der Waals surface area contributed by atoms with E-state index in [1.54, 1.807) is 6.92 Å². The van der Waals surface area contributed by atoms with Crippen LogP contribution in [0.4, 0.5) is 0 Å². The molecule has 1 aliphatic heterocycles. The van der Waals surface area contributed by atoms with E-state index in [2.05, 4.69) is 4.72 Å². The first-order valence-electron chi connectivity index (χ1n) is 5.87. The fourth-order valence-electron chi connectivity index (χ4n) is 1.96. The third-order valence-corrected chi connectivity index (χ3v) is 4.35. The minimum absolute atomic E-state index is 0.163. The molecule has 1 fully saturated rings. The molecule has 0 amide bonds. The van der Waals surface area contributed by atoms with Crippen LogP contribution in [0.25, 0.3) is 0 Å². The van der Waals surface area contributed by atoms with E-state index in [1.807, 2.05) is 0 Å². The lowest BCUT2D eigenvalue weighted by Crippen LogP contribution is -2.40. The van der Waals surface area contributed by atoms with Gasteiger partial charge in [0.15, 0.2) is 0 Å². The van der Waals surface area contributed by atoms with Crippen molar-refractivity contribution in [2.24, 2.45) is 0 Å². The van der Waals surface area contributed by atoms with Gasteiger partial charge in [0.2, 0.25) is 10.9 Å². The van der Waals surface area contributed by atoms with Crippen molar-refractivity contribution in [2.75, 3.05) is 6.61 Å². The predicted octanol–water partition coefficient (Wildman–Crippen LogP) is 0.824. The maximum atomic E-state index is 12.0. The monoisotopic (exact) mass is 289 g/mol. The molecule has 2 rings (SSSR count). The molecule has 2 N–H and O–H groups in total. The van der Waals surface area contributed by atoms with Crippen LogP contribution in [0.15, 0.2) is 21.6 Å². The number of hydrogen-bond donors (Lipinski definition) is 2. The number of aromatic carboxylic acids is 1. The summed E-state index contributed by atoms with van der Waals surface area (Å²) in [6, 6.07) is 1.83. The van der Waals surface area contributed by atoms with E-state index >= 15 is 0 Å². The lowest BCUT2D eigenvalue weighted by Gasteiger charge is -2.18. The lowest BCUT2D eigenvalue weighted by molar-refractivity contribution is 0.0656. The Balaban J connectivity index is 2.10. The first-order valence-corrected chi connectivity index (χ1v) is 7.35. The lowest BCUT2D eigenvalue weighted by atomic mass is 10.1. The molecular weight excluding hydrogens is 274 g/mol. The molecule has 0 bridgehead atoms. The second-order valence-corrected chi connectivity index (χ2v) is 6.03. The van der Waals surface area contributed by atoms with E-state index in [4.69, 9.17) is 14.3 Å². The Hall–Kier alpha value is -1.38. The van der Waals surface area contributed by atoms with Gasteiger partial charge in [-0.15, -0.1) is 0 Å². The highest BCUT2D eigenvalue weighted by Gasteiger charge is 2.29. The molecule has 0 radical (unpaired) electrons. The van der Waals surface area contributed by atoms with Gasteiger partial charge in [0.05, 0.1) is 6.10 Å². The summed E-state index contributed by atoms with van der Waals surface area (Å²) in [5.74, 6) is -1.72. The fraction of sp³-hybridized carbons (Fsp3) is 0.545. The Morgan fingerprint density at radius 2 is 2.26 bits per heavy atom. The van der Waals surface area contributed by atoms with Crippen LogP contribution in [-0.4, -0.2) is 38.2 Å². The van der Waals surface area contributed by atoms with Crippen molar-refractivity contribution in [1.29, 1.82) is 0 Å². The Morgan fingerprint density at radius 3 is 2.79 bits per heavy atom. The van der Waals surface area contributed by atoms with Gasteiger partial charge in [-0.25, -0.2) is 17.9 Å². The minimum atomic E-state index is -3.87. The van der Waals surface area contributed by atoms with Gasteiger partial charge < -0.3 is 14.3 Å². The first kappa shape index (κ1) is 14.0. The van der Waals surface area contributed by atoms with Crippen molar-refractivity contribution in [2.45, 2.75) is 37.0 Å². The van der Waals surface area contributed by atoms with Gasteiger partial charge >= 0.3 is 5.97 Å². The van der Waals surface area contributed by atoms with E-state index in [-0.39, 0.29) is 6.10 Å². The van der Waals surface area contributed by atoms with E-state index < -0.39 is 32.9 Å². The Bertz CT molecular complexity index is 557. The molecule has 7 nitrogen and oxygen atoms in total. The highest BCUT2D eigenvalue weighted by Crippen LogP contribution is 2.19. The molecule has 1 aromatic rings. The van der Waals surface area contributed by atoms with E-state index in [0.717, 1.165) is 25.0 Å². The Labute approximate surface area is 110 Å². The molecule has 19 heavy (non-hydrogen) atoms. The minimum Gasteiger partial charge on any atom is -0.475 e. The summed E-state index contributed by atoms with van der Waals surface area (Å²) in [5.41, 5.74) is 0. The number of sulfonamides is 1. The van der Waals surface area contributed by atoms with Gasteiger partial charge in [-0.1, -0.05) is 0 Å². The predicted molar refractivity (Wildman–Crippen MR) is 64.4 cm³/mol. The third kappa shape index (κ3) is 3.14. The van der Waals surface area contributed by atoms with Crippen molar-refractivity contribution in [1.82, 2.24) is 4.72 Å². The van der Waals surface area contributed by atoms with Gasteiger partial charge in [0.1, 0.15) is 0 Å². The standard InChI is InChI=1S/C11H15NO6S/c1-7(8-3-2-6-17-8)12-19(15,16)10-5-4-9(18-10)11(13)14/h4-5,7-8,12H,2-3,6H2,1H3,(H,13,14). The average molecular weight is 289 g/mol. The zero-order valence-electron chi connectivity index (χ0n) is 10.3. The summed E-state index contributed by atoms with van der Waals surface area (Å²) < 4.78 is 36.6. The second-order valence-electron chi connectivity index (χ2n) is 4.39. The molecule has 0 aliphatic carbocycles. The number of carboxylic acid groups (broad SMARTS) is 1. The molecule has 0 saturated carbocycles. The van der Waals surface area contributed by atoms with Crippen molar-refractivity contribution in [3.8, 4) is 0 Å². The number of carboxylic acids is 1. The Morgan fingerprint density at radius 1 is 1.53 bits per heavy atom. The van der Waals surface area contributed by atoms with Crippen molar-refractivity contribution in [3.63, 3.8) is 0 Å². The van der Waals surface area contributed by atoms with Crippen LogP contribution in [-0.2, 0) is 14.8 Å². The smallest absolute Gasteiger partial charge is 0.371 e. The second kappa shape index (κ2) is 5.32. The summed E-state index contributed by atoms with van der Waals surface area (Å²) in [5, 5.41) is 8.28. The summed E-state index contributed by atoms with van der Waals surface area (Å²) in [4.78, 5) is 10.6. The van der Waals surface area contributed by atoms with Gasteiger partial charge in [-0.2, -0.15) is 0 Å². The van der Waals surface area contributed by atoms with Gasteiger partial charge in [-0.3, -0.25) is 0 Å². The number of carbonyl (C=O) groups is 1. The van der Waals surface area contributed by atoms with Gasteiger partial charge in [0.25, 0.3) is 10.0 Å². The van der Waals surface area contributed by atoms with Crippen LogP contribution < -0.4 is 4.72 Å². The summed E-state index contributed by atoms with van der Waals surface area (Å²) >= 11 is 0. The topological polar surface area (TPSA) is 106 Å². The molecule has 0 spiro atoms. The van der Waals surface area contributed by atoms with Crippen LogP contribution in [0, 0.1) is 0 Å². The SMILES string of the molecule is CC(NS(=O)(=O)c1ccc(C(=O)O)o1)C1CCCO1. The fourth-order valence-corrected chi connectivity index (χ4v) is 3.16. The van der Waals surface area contributed by atoms with Crippen LogP contribution >= 0.6 is 0 Å². The van der Waals surface area contributed by atoms with Crippen LogP contribution in [0.1, 0.15) is 30.3 Å². The molecule has 2 heterocycles. The van der Waals surface area contributed by atoms with Crippen LogP contribution in [0.2, 0.25) is 0 Å². The molecule has 2 unspecified atom stereocenters. The average Bonchev–Trinajstić information content (AvgIpc) is 3.00. The number of rotatable bonds is 5. The molecule has 1 aliphatic rings. The molecule has 2 atom stereocenters. The zero-order chi connectivity index (χ0) is 14.0. The summed E-state index contributed by atoms with van der Waals surface area (Å²) in [6.45, 7) is 2.33. The number of nitrogens with one attached hydrogen (secondary N) is 1. The molecule has 1 saturated heterocycles. The molecule has 1 aromatic heterocycles. The Kier molecular flexibility index (Phi) is 3.93. The largest absolute Gasteiger partial charge is 0.475 e. The summed E-state index contributed by atoms with van der Waals surface area (Å²) in [7, 11) is -3.87. The molecular formula is C11H15NO6S. The maximum Gasteiger partial charge on any atom is 0.371 e. The maximum absolute atomic E-state index is 12.0. The number of furan rings is 1. The molecule has 0 aromatic carbocycles. The highest BCUT2D eigenvalue weighted by atomic mass is 32.2. The van der Waals surface area contributed by atoms with Gasteiger partial charge in [-0.05, 0) is 31.9 Å². The van der Waals surface area contributed by atoms with E-state index in [9.17, 15) is 13.2 Å². The number of hydrogen-bond acceptors (Lipinski definition) is 5. The zero-order valence-corrected chi connectivity index (χ0v) is 11.1. The van der Waals surface area contributed by atoms with E-state index in [0.29, 0.717) is 6.61 Å². The van der Waals surface area contributed by atoms with Crippen molar-refractivity contribution in [3.05, 3.63) is 17.9 Å². The first-order chi connectivity index (χ1) is 8.90.